The van der Waals surface area contributed by atoms with Gasteiger partial charge in [-0.3, -0.25) is 0 Å². The van der Waals surface area contributed by atoms with E-state index in [1.165, 1.54) is 38.5 Å². The zero-order valence-corrected chi connectivity index (χ0v) is 7.97. The first kappa shape index (κ1) is 8.10. The van der Waals surface area contributed by atoms with Crippen molar-refractivity contribution < 1.29 is 0 Å². The van der Waals surface area contributed by atoms with Gasteiger partial charge in [0.25, 0.3) is 0 Å². The molecule has 2 aliphatic carbocycles. The van der Waals surface area contributed by atoms with Gasteiger partial charge in [-0.15, -0.1) is 0 Å². The summed E-state index contributed by atoms with van der Waals surface area (Å²) >= 11 is 0. The summed E-state index contributed by atoms with van der Waals surface area (Å²) in [5, 5.41) is 0. The fraction of sp³-hybridized carbons (Fsp3) is 0.667. The molecule has 0 saturated heterocycles. The lowest BCUT2D eigenvalue weighted by atomic mass is 9.82. The van der Waals surface area contributed by atoms with Crippen molar-refractivity contribution in [3.8, 4) is 0 Å². The predicted molar refractivity (Wildman–Crippen MR) is 53.0 cm³/mol. The molecule has 1 fully saturated rings. The summed E-state index contributed by atoms with van der Waals surface area (Å²) in [7, 11) is 0. The SMILES string of the molecule is CC1=C(C2CCCCC2)CC=C1. The van der Waals surface area contributed by atoms with Gasteiger partial charge in [-0.2, -0.15) is 0 Å². The van der Waals surface area contributed by atoms with E-state index in [-0.39, 0.29) is 0 Å². The van der Waals surface area contributed by atoms with Crippen LogP contribution in [0.5, 0.6) is 0 Å². The molecule has 0 amide bonds. The first-order valence-corrected chi connectivity index (χ1v) is 5.24. The third-order valence-electron chi connectivity index (χ3n) is 3.31. The minimum atomic E-state index is 0.939. The van der Waals surface area contributed by atoms with Crippen molar-refractivity contribution in [1.29, 1.82) is 0 Å². The van der Waals surface area contributed by atoms with Gasteiger partial charge in [0.15, 0.2) is 0 Å². The largest absolute Gasteiger partial charge is 0.0802 e. The second kappa shape index (κ2) is 3.47. The van der Waals surface area contributed by atoms with Crippen molar-refractivity contribution in [2.75, 3.05) is 0 Å². The lowest BCUT2D eigenvalue weighted by molar-refractivity contribution is 0.398. The number of hydrogen-bond donors (Lipinski definition) is 0. The van der Waals surface area contributed by atoms with Crippen molar-refractivity contribution in [3.05, 3.63) is 23.3 Å². The summed E-state index contributed by atoms with van der Waals surface area (Å²) in [4.78, 5) is 0. The van der Waals surface area contributed by atoms with Gasteiger partial charge in [0, 0.05) is 0 Å². The molecule has 0 aliphatic heterocycles. The maximum absolute atomic E-state index is 2.32. The van der Waals surface area contributed by atoms with Crippen molar-refractivity contribution in [2.45, 2.75) is 45.4 Å². The molecule has 66 valence electrons. The number of allylic oxidation sites excluding steroid dienone is 4. The van der Waals surface area contributed by atoms with E-state index < -0.39 is 0 Å². The average molecular weight is 162 g/mol. The number of hydrogen-bond acceptors (Lipinski definition) is 0. The molecule has 0 aromatic carbocycles. The monoisotopic (exact) mass is 162 g/mol. The Bertz CT molecular complexity index is 214. The lowest BCUT2D eigenvalue weighted by Crippen LogP contribution is -2.08. The molecule has 0 unspecified atom stereocenters. The Kier molecular flexibility index (Phi) is 2.34. The normalized spacial score (nSPS) is 25.4. The molecule has 0 aromatic heterocycles. The summed E-state index contributed by atoms with van der Waals surface area (Å²) in [6.45, 7) is 2.27. The predicted octanol–water partition coefficient (Wildman–Crippen LogP) is 3.84. The van der Waals surface area contributed by atoms with Crippen LogP contribution in [0.15, 0.2) is 23.3 Å². The fourth-order valence-corrected chi connectivity index (χ4v) is 2.57. The van der Waals surface area contributed by atoms with E-state index in [9.17, 15) is 0 Å². The molecule has 12 heavy (non-hydrogen) atoms. The first-order chi connectivity index (χ1) is 5.88. The zero-order valence-electron chi connectivity index (χ0n) is 7.97. The highest BCUT2D eigenvalue weighted by atomic mass is 14.2. The van der Waals surface area contributed by atoms with Crippen LogP contribution in [-0.4, -0.2) is 0 Å². The highest BCUT2D eigenvalue weighted by Crippen LogP contribution is 2.35. The van der Waals surface area contributed by atoms with Gasteiger partial charge in [0.1, 0.15) is 0 Å². The van der Waals surface area contributed by atoms with Crippen LogP contribution >= 0.6 is 0 Å². The van der Waals surface area contributed by atoms with E-state index in [2.05, 4.69) is 19.1 Å². The highest BCUT2D eigenvalue weighted by molar-refractivity contribution is 5.33. The third-order valence-corrected chi connectivity index (χ3v) is 3.31. The second-order valence-corrected chi connectivity index (χ2v) is 4.15. The van der Waals surface area contributed by atoms with E-state index in [0.717, 1.165) is 5.92 Å². The molecule has 0 bridgehead atoms. The molecule has 0 aromatic rings. The van der Waals surface area contributed by atoms with Crippen molar-refractivity contribution in [3.63, 3.8) is 0 Å². The zero-order chi connectivity index (χ0) is 8.39. The van der Waals surface area contributed by atoms with Crippen LogP contribution in [-0.2, 0) is 0 Å². The molecule has 0 N–H and O–H groups in total. The van der Waals surface area contributed by atoms with Crippen LogP contribution in [0.2, 0.25) is 0 Å². The molecule has 0 nitrogen and oxygen atoms in total. The van der Waals surface area contributed by atoms with E-state index in [1.54, 1.807) is 11.1 Å². The molecule has 2 aliphatic rings. The molecular formula is C12H18. The van der Waals surface area contributed by atoms with Gasteiger partial charge in [0.2, 0.25) is 0 Å². The maximum atomic E-state index is 2.32. The molecule has 1 saturated carbocycles. The molecule has 0 spiro atoms. The molecule has 0 atom stereocenters. The van der Waals surface area contributed by atoms with Crippen LogP contribution in [0.25, 0.3) is 0 Å². The Morgan fingerprint density at radius 1 is 1.17 bits per heavy atom. The summed E-state index contributed by atoms with van der Waals surface area (Å²) in [5.41, 5.74) is 3.30. The van der Waals surface area contributed by atoms with Gasteiger partial charge in [-0.05, 0) is 32.1 Å². The van der Waals surface area contributed by atoms with Crippen molar-refractivity contribution in [2.24, 2.45) is 5.92 Å². The van der Waals surface area contributed by atoms with E-state index in [4.69, 9.17) is 0 Å². The van der Waals surface area contributed by atoms with Gasteiger partial charge >= 0.3 is 0 Å². The Hall–Kier alpha value is -0.520. The van der Waals surface area contributed by atoms with E-state index in [1.807, 2.05) is 0 Å². The van der Waals surface area contributed by atoms with Crippen LogP contribution in [0.3, 0.4) is 0 Å². The molecule has 0 heterocycles. The van der Waals surface area contributed by atoms with Crippen LogP contribution in [0.4, 0.5) is 0 Å². The van der Waals surface area contributed by atoms with Crippen LogP contribution in [0, 0.1) is 5.92 Å². The summed E-state index contributed by atoms with van der Waals surface area (Å²) < 4.78 is 0. The average Bonchev–Trinajstić information content (AvgIpc) is 2.53. The summed E-state index contributed by atoms with van der Waals surface area (Å²) in [6, 6.07) is 0. The van der Waals surface area contributed by atoms with Gasteiger partial charge in [-0.1, -0.05) is 42.6 Å². The first-order valence-electron chi connectivity index (χ1n) is 5.24. The highest BCUT2D eigenvalue weighted by Gasteiger charge is 2.19. The standard InChI is InChI=1S/C12H18/c1-10-6-5-9-12(10)11-7-3-2-4-8-11/h5-6,11H,2-4,7-9H2,1H3. The van der Waals surface area contributed by atoms with Crippen molar-refractivity contribution >= 4 is 0 Å². The smallest absolute Gasteiger partial charge is 0.0127 e. The maximum Gasteiger partial charge on any atom is -0.0127 e. The van der Waals surface area contributed by atoms with Crippen molar-refractivity contribution in [1.82, 2.24) is 0 Å². The second-order valence-electron chi connectivity index (χ2n) is 4.15. The Morgan fingerprint density at radius 2 is 1.92 bits per heavy atom. The Morgan fingerprint density at radius 3 is 2.50 bits per heavy atom. The van der Waals surface area contributed by atoms with Gasteiger partial charge < -0.3 is 0 Å². The van der Waals surface area contributed by atoms with Crippen LogP contribution < -0.4 is 0 Å². The molecule has 2 rings (SSSR count). The third kappa shape index (κ3) is 1.48. The number of rotatable bonds is 1. The summed E-state index contributed by atoms with van der Waals surface area (Å²) in [5.74, 6) is 0.939. The molecular weight excluding hydrogens is 144 g/mol. The van der Waals surface area contributed by atoms with Gasteiger partial charge in [0.05, 0.1) is 0 Å². The molecule has 0 radical (unpaired) electrons. The van der Waals surface area contributed by atoms with Gasteiger partial charge in [-0.25, -0.2) is 0 Å². The van der Waals surface area contributed by atoms with E-state index >= 15 is 0 Å². The minimum Gasteiger partial charge on any atom is -0.0802 e. The molecule has 0 heteroatoms. The summed E-state index contributed by atoms with van der Waals surface area (Å²) in [6.07, 6.45) is 13.2. The Balaban J connectivity index is 2.04. The fourth-order valence-electron chi connectivity index (χ4n) is 2.57. The minimum absolute atomic E-state index is 0.939. The quantitative estimate of drug-likeness (QED) is 0.549. The Labute approximate surface area is 75.4 Å². The topological polar surface area (TPSA) is 0 Å². The van der Waals surface area contributed by atoms with Crippen LogP contribution in [0.1, 0.15) is 45.4 Å². The lowest BCUT2D eigenvalue weighted by Gasteiger charge is -2.23. The van der Waals surface area contributed by atoms with E-state index in [0.29, 0.717) is 0 Å².